The molecule has 1 aliphatic carbocycles. The van der Waals surface area contributed by atoms with Crippen molar-refractivity contribution in [2.75, 3.05) is 4.90 Å². The molecule has 0 saturated carbocycles. The third kappa shape index (κ3) is 3.36. The second-order valence-corrected chi connectivity index (χ2v) is 9.20. The molecule has 0 unspecified atom stereocenters. The number of para-hydroxylation sites is 2. The van der Waals surface area contributed by atoms with Crippen molar-refractivity contribution in [1.29, 1.82) is 0 Å². The summed E-state index contributed by atoms with van der Waals surface area (Å²) in [5, 5.41) is 2.79. The molecule has 1 aliphatic rings. The van der Waals surface area contributed by atoms with Crippen LogP contribution in [0.2, 0.25) is 0 Å². The number of thiophene rings is 1. The Hall–Kier alpha value is -4.28. The zero-order chi connectivity index (χ0) is 23.1. The van der Waals surface area contributed by atoms with Gasteiger partial charge in [0.05, 0.1) is 5.57 Å². The third-order valence-corrected chi connectivity index (χ3v) is 7.06. The molecule has 4 aromatic carbocycles. The van der Waals surface area contributed by atoms with E-state index >= 15 is 0 Å². The maximum Gasteiger partial charge on any atom is 0.198 e. The molecular formula is C30H19NO2S. The highest BCUT2D eigenvalue weighted by Gasteiger charge is 2.34. The van der Waals surface area contributed by atoms with Crippen molar-refractivity contribution in [2.45, 2.75) is 0 Å². The Morgan fingerprint density at radius 2 is 1.26 bits per heavy atom. The predicted molar refractivity (Wildman–Crippen MR) is 140 cm³/mol. The molecule has 0 radical (unpaired) electrons. The highest BCUT2D eigenvalue weighted by atomic mass is 32.1. The molecule has 3 nitrogen and oxygen atoms in total. The number of carbonyl (C=O) groups excluding carboxylic acids is 2. The number of fused-ring (bicyclic) bond motifs is 3. The van der Waals surface area contributed by atoms with Crippen molar-refractivity contribution >= 4 is 56.1 Å². The van der Waals surface area contributed by atoms with Gasteiger partial charge in [0.2, 0.25) is 0 Å². The topological polar surface area (TPSA) is 37.4 Å². The van der Waals surface area contributed by atoms with Crippen LogP contribution in [-0.4, -0.2) is 11.6 Å². The van der Waals surface area contributed by atoms with Crippen molar-refractivity contribution < 1.29 is 9.59 Å². The van der Waals surface area contributed by atoms with E-state index in [0.717, 1.165) is 32.0 Å². The standard InChI is InChI=1S/C30H19NO2S/c32-29-25-17-15-20-9-7-8-14-24(20)28(25)30(33)26(29)19-23-16-18-27(34-23)31(21-10-3-1-4-11-21)22-12-5-2-6-13-22/h1-19H/b26-19+. The molecule has 0 fully saturated rings. The lowest BCUT2D eigenvalue weighted by atomic mass is 10.0. The smallest absolute Gasteiger partial charge is 0.198 e. The van der Waals surface area contributed by atoms with E-state index in [1.54, 1.807) is 23.5 Å². The van der Waals surface area contributed by atoms with Gasteiger partial charge in [-0.3, -0.25) is 9.59 Å². The Kier molecular flexibility index (Phi) is 4.93. The molecule has 34 heavy (non-hydrogen) atoms. The average Bonchev–Trinajstić information content (AvgIpc) is 3.44. The number of allylic oxidation sites excluding steroid dienone is 1. The van der Waals surface area contributed by atoms with Crippen molar-refractivity contribution in [2.24, 2.45) is 0 Å². The van der Waals surface area contributed by atoms with Crippen molar-refractivity contribution in [1.82, 2.24) is 0 Å². The summed E-state index contributed by atoms with van der Waals surface area (Å²) in [5.41, 5.74) is 3.32. The van der Waals surface area contributed by atoms with Crippen LogP contribution in [0.5, 0.6) is 0 Å². The summed E-state index contributed by atoms with van der Waals surface area (Å²) in [4.78, 5) is 29.5. The van der Waals surface area contributed by atoms with E-state index in [1.807, 2.05) is 78.9 Å². The van der Waals surface area contributed by atoms with Gasteiger partial charge in [-0.1, -0.05) is 66.7 Å². The molecular weight excluding hydrogens is 438 g/mol. The summed E-state index contributed by atoms with van der Waals surface area (Å²) >= 11 is 1.55. The number of rotatable bonds is 4. The Morgan fingerprint density at radius 1 is 0.618 bits per heavy atom. The summed E-state index contributed by atoms with van der Waals surface area (Å²) in [5.74, 6) is -0.404. The van der Waals surface area contributed by atoms with E-state index < -0.39 is 0 Å². The lowest BCUT2D eigenvalue weighted by Gasteiger charge is -2.23. The first-order chi connectivity index (χ1) is 16.7. The monoisotopic (exact) mass is 457 g/mol. The number of Topliss-reactive ketones (excluding diaryl/α,β-unsaturated/α-hetero) is 2. The summed E-state index contributed by atoms with van der Waals surface area (Å²) < 4.78 is 0. The molecule has 0 N–H and O–H groups in total. The number of hydrogen-bond acceptors (Lipinski definition) is 4. The third-order valence-electron chi connectivity index (χ3n) is 6.04. The van der Waals surface area contributed by atoms with Crippen LogP contribution in [0.15, 0.2) is 115 Å². The number of anilines is 3. The van der Waals surface area contributed by atoms with E-state index in [9.17, 15) is 9.59 Å². The van der Waals surface area contributed by atoms with Crippen LogP contribution in [-0.2, 0) is 0 Å². The lowest BCUT2D eigenvalue weighted by Crippen LogP contribution is -2.07. The molecule has 1 aromatic heterocycles. The van der Waals surface area contributed by atoms with Crippen LogP contribution in [0.4, 0.5) is 16.4 Å². The van der Waals surface area contributed by atoms with E-state index in [1.165, 1.54) is 0 Å². The SMILES string of the molecule is O=C1/C(=C\c2ccc(N(c3ccccc3)c3ccccc3)s2)C(=O)c2c1ccc1ccccc21. The Balaban J connectivity index is 1.41. The molecule has 6 rings (SSSR count). The number of hydrogen-bond donors (Lipinski definition) is 0. The van der Waals surface area contributed by atoms with Crippen LogP contribution in [0.25, 0.3) is 16.8 Å². The van der Waals surface area contributed by atoms with Gasteiger partial charge in [-0.15, -0.1) is 11.3 Å². The molecule has 5 aromatic rings. The van der Waals surface area contributed by atoms with Gasteiger partial charge in [0.25, 0.3) is 0 Å². The van der Waals surface area contributed by atoms with Crippen LogP contribution >= 0.6 is 11.3 Å². The first-order valence-corrected chi connectivity index (χ1v) is 11.9. The van der Waals surface area contributed by atoms with Crippen LogP contribution in [0, 0.1) is 0 Å². The molecule has 0 bridgehead atoms. The van der Waals surface area contributed by atoms with E-state index in [0.29, 0.717) is 11.1 Å². The number of benzene rings is 4. The van der Waals surface area contributed by atoms with Gasteiger partial charge < -0.3 is 4.90 Å². The maximum atomic E-state index is 13.3. The van der Waals surface area contributed by atoms with Crippen molar-refractivity contribution in [3.8, 4) is 0 Å². The van der Waals surface area contributed by atoms with Crippen LogP contribution < -0.4 is 4.90 Å². The summed E-state index contributed by atoms with van der Waals surface area (Å²) in [6.45, 7) is 0. The fraction of sp³-hybridized carbons (Fsp3) is 0. The zero-order valence-corrected chi connectivity index (χ0v) is 19.0. The summed E-state index contributed by atoms with van der Waals surface area (Å²) in [6, 6.07) is 35.7. The molecule has 0 spiro atoms. The molecule has 0 atom stereocenters. The van der Waals surface area contributed by atoms with Crippen molar-refractivity contribution in [3.05, 3.63) is 131 Å². The molecule has 0 amide bonds. The van der Waals surface area contributed by atoms with Gasteiger partial charge in [-0.2, -0.15) is 0 Å². The molecule has 4 heteroatoms. The summed E-state index contributed by atoms with van der Waals surface area (Å²) in [6.07, 6.45) is 1.74. The van der Waals surface area contributed by atoms with E-state index in [-0.39, 0.29) is 17.1 Å². The minimum absolute atomic E-state index is 0.199. The fourth-order valence-electron chi connectivity index (χ4n) is 4.46. The number of nitrogens with zero attached hydrogens (tertiary/aromatic N) is 1. The number of ketones is 2. The van der Waals surface area contributed by atoms with Gasteiger partial charge in [0, 0.05) is 27.4 Å². The lowest BCUT2D eigenvalue weighted by molar-refractivity contribution is 0.0991. The normalized spacial score (nSPS) is 14.1. The van der Waals surface area contributed by atoms with Crippen molar-refractivity contribution in [3.63, 3.8) is 0 Å². The maximum absolute atomic E-state index is 13.3. The first-order valence-electron chi connectivity index (χ1n) is 11.0. The van der Waals surface area contributed by atoms with Gasteiger partial charge in [0.15, 0.2) is 11.6 Å². The zero-order valence-electron chi connectivity index (χ0n) is 18.1. The van der Waals surface area contributed by atoms with Gasteiger partial charge in [-0.05, 0) is 59.3 Å². The Morgan fingerprint density at radius 3 is 1.97 bits per heavy atom. The highest BCUT2D eigenvalue weighted by Crippen LogP contribution is 2.40. The fourth-order valence-corrected chi connectivity index (χ4v) is 5.45. The second-order valence-electron chi connectivity index (χ2n) is 8.11. The molecule has 162 valence electrons. The molecule has 0 saturated heterocycles. The predicted octanol–water partition coefficient (Wildman–Crippen LogP) is 7.83. The van der Waals surface area contributed by atoms with Gasteiger partial charge >= 0.3 is 0 Å². The van der Waals surface area contributed by atoms with E-state index in [4.69, 9.17) is 0 Å². The minimum Gasteiger partial charge on any atom is -0.302 e. The highest BCUT2D eigenvalue weighted by molar-refractivity contribution is 7.17. The van der Waals surface area contributed by atoms with Gasteiger partial charge in [-0.25, -0.2) is 0 Å². The van der Waals surface area contributed by atoms with Crippen LogP contribution in [0.1, 0.15) is 25.6 Å². The largest absolute Gasteiger partial charge is 0.302 e. The Bertz CT molecular complexity index is 1540. The van der Waals surface area contributed by atoms with Gasteiger partial charge in [0.1, 0.15) is 5.00 Å². The quantitative estimate of drug-likeness (QED) is 0.204. The molecule has 0 aliphatic heterocycles. The van der Waals surface area contributed by atoms with E-state index in [2.05, 4.69) is 29.2 Å². The average molecular weight is 458 g/mol. The molecule has 1 heterocycles. The minimum atomic E-state index is -0.205. The Labute approximate surface area is 201 Å². The second kappa shape index (κ2) is 8.25. The number of carbonyl (C=O) groups is 2. The first kappa shape index (κ1) is 20.3. The van der Waals surface area contributed by atoms with Crippen LogP contribution in [0.3, 0.4) is 0 Å². The summed E-state index contributed by atoms with van der Waals surface area (Å²) in [7, 11) is 0.